The second-order valence-corrected chi connectivity index (χ2v) is 9.57. The lowest BCUT2D eigenvalue weighted by Crippen LogP contribution is -2.45. The maximum atomic E-state index is 12.9. The van der Waals surface area contributed by atoms with Crippen LogP contribution in [0.15, 0.2) is 6.33 Å². The molecule has 1 aliphatic rings. The molecule has 13 heteroatoms. The molecule has 10 nitrogen and oxygen atoms in total. The number of hydrogen-bond donors (Lipinski definition) is 2. The van der Waals surface area contributed by atoms with Gasteiger partial charge >= 0.3 is 5.97 Å². The number of thiazole rings is 1. The number of piperidine rings is 1. The molecule has 0 saturated carbocycles. The molecule has 176 valence electrons. The van der Waals surface area contributed by atoms with E-state index in [0.717, 1.165) is 11.3 Å². The number of aryl methyl sites for hydroxylation is 1. The van der Waals surface area contributed by atoms with Gasteiger partial charge in [0.15, 0.2) is 16.7 Å². The van der Waals surface area contributed by atoms with Crippen molar-refractivity contribution in [2.45, 2.75) is 25.9 Å². The summed E-state index contributed by atoms with van der Waals surface area (Å²) >= 11 is 13.4. The number of nitrogens with zero attached hydrogens (tertiary/aromatic N) is 5. The molecule has 0 unspecified atom stereocenters. The van der Waals surface area contributed by atoms with E-state index in [0.29, 0.717) is 51.9 Å². The highest BCUT2D eigenvalue weighted by Gasteiger charge is 2.34. The summed E-state index contributed by atoms with van der Waals surface area (Å²) in [6.45, 7) is 2.82. The molecule has 33 heavy (non-hydrogen) atoms. The SMILES string of the molecule is CO[C@H]1CN(c2nc(-c3ncnn3C)c(C(=O)O)s2)CC[C@H]1CC(=O)c1[nH]c(Cl)c(C)c1Cl. The highest BCUT2D eigenvalue weighted by Crippen LogP contribution is 2.36. The summed E-state index contributed by atoms with van der Waals surface area (Å²) in [5.74, 6) is -0.843. The van der Waals surface area contributed by atoms with Crippen LogP contribution in [-0.4, -0.2) is 67.9 Å². The number of halogens is 2. The molecule has 1 fully saturated rings. The predicted octanol–water partition coefficient (Wildman–Crippen LogP) is 3.69. The number of ketones is 1. The molecule has 1 aliphatic heterocycles. The highest BCUT2D eigenvalue weighted by molar-refractivity contribution is 7.17. The Bertz CT molecular complexity index is 1210. The van der Waals surface area contributed by atoms with Crippen LogP contribution >= 0.6 is 34.5 Å². The number of aromatic amines is 1. The topological polar surface area (TPSA) is 126 Å². The fourth-order valence-electron chi connectivity index (χ4n) is 3.97. The van der Waals surface area contributed by atoms with Crippen molar-refractivity contribution in [1.29, 1.82) is 0 Å². The standard InChI is InChI=1S/C20H22Cl2N6O4S/c1-9-13(21)14(25-17(9)22)11(29)6-10-4-5-28(7-12(10)32-3)20-26-15(16(33-20)19(30)31)18-23-8-24-27(18)2/h8,10,12,25H,4-7H2,1-3H3,(H,30,31)/t10-,12-/m0/s1. The molecule has 0 aromatic carbocycles. The Kier molecular flexibility index (Phi) is 6.76. The number of H-pyrrole nitrogens is 1. The monoisotopic (exact) mass is 512 g/mol. The minimum absolute atomic E-state index is 0.0330. The third kappa shape index (κ3) is 4.50. The van der Waals surface area contributed by atoms with Crippen LogP contribution in [0.1, 0.15) is 38.6 Å². The second kappa shape index (κ2) is 9.41. The number of aromatic carboxylic acids is 1. The molecule has 1 saturated heterocycles. The average Bonchev–Trinajstić information content (AvgIpc) is 3.48. The van der Waals surface area contributed by atoms with Crippen LogP contribution in [0.25, 0.3) is 11.5 Å². The van der Waals surface area contributed by atoms with Crippen molar-refractivity contribution < 1.29 is 19.4 Å². The number of carbonyl (C=O) groups is 2. The molecule has 2 atom stereocenters. The Hall–Kier alpha value is -2.47. The number of nitrogens with one attached hydrogen (secondary N) is 1. The van der Waals surface area contributed by atoms with Crippen LogP contribution in [0.4, 0.5) is 5.13 Å². The van der Waals surface area contributed by atoms with E-state index in [1.165, 1.54) is 11.0 Å². The fraction of sp³-hybridized carbons (Fsp3) is 0.450. The number of Topliss-reactive ketones (excluding diaryl/α,β-unsaturated/α-hetero) is 1. The van der Waals surface area contributed by atoms with Crippen molar-refractivity contribution in [2.24, 2.45) is 13.0 Å². The molecule has 0 bridgehead atoms. The zero-order chi connectivity index (χ0) is 23.9. The number of ether oxygens (including phenoxy) is 1. The number of anilines is 1. The van der Waals surface area contributed by atoms with Crippen LogP contribution < -0.4 is 4.90 Å². The van der Waals surface area contributed by atoms with E-state index >= 15 is 0 Å². The molecular weight excluding hydrogens is 491 g/mol. The molecule has 4 rings (SSSR count). The maximum absolute atomic E-state index is 12.9. The van der Waals surface area contributed by atoms with E-state index in [1.54, 1.807) is 21.1 Å². The summed E-state index contributed by atoms with van der Waals surface area (Å²) in [4.78, 5) is 38.3. The van der Waals surface area contributed by atoms with E-state index in [9.17, 15) is 14.7 Å². The van der Waals surface area contributed by atoms with Crippen LogP contribution in [0, 0.1) is 12.8 Å². The summed E-state index contributed by atoms with van der Waals surface area (Å²) in [5, 5.41) is 14.9. The zero-order valence-electron chi connectivity index (χ0n) is 18.1. The molecule has 0 radical (unpaired) electrons. The summed E-state index contributed by atoms with van der Waals surface area (Å²) in [7, 11) is 3.28. The minimum atomic E-state index is -1.07. The molecule has 2 N–H and O–H groups in total. The normalized spacial score (nSPS) is 18.6. The first-order valence-electron chi connectivity index (χ1n) is 10.1. The minimum Gasteiger partial charge on any atom is -0.477 e. The van der Waals surface area contributed by atoms with Gasteiger partial charge in [-0.3, -0.25) is 4.79 Å². The van der Waals surface area contributed by atoms with Gasteiger partial charge in [0, 0.05) is 39.2 Å². The van der Waals surface area contributed by atoms with Gasteiger partial charge in [-0.25, -0.2) is 19.4 Å². The largest absolute Gasteiger partial charge is 0.477 e. The Morgan fingerprint density at radius 1 is 1.39 bits per heavy atom. The molecule has 3 aromatic rings. The van der Waals surface area contributed by atoms with E-state index in [-0.39, 0.29) is 34.8 Å². The Morgan fingerprint density at radius 2 is 2.15 bits per heavy atom. The third-order valence-corrected chi connectivity index (χ3v) is 7.80. The van der Waals surface area contributed by atoms with Gasteiger partial charge in [-0.2, -0.15) is 5.10 Å². The number of rotatable bonds is 7. The number of aromatic nitrogens is 5. The third-order valence-electron chi connectivity index (χ3n) is 5.84. The van der Waals surface area contributed by atoms with Gasteiger partial charge in [0.25, 0.3) is 0 Å². The van der Waals surface area contributed by atoms with Crippen molar-refractivity contribution in [2.75, 3.05) is 25.1 Å². The number of carbonyl (C=O) groups excluding carboxylic acids is 1. The quantitative estimate of drug-likeness (QED) is 0.458. The summed E-state index contributed by atoms with van der Waals surface area (Å²) in [6, 6.07) is 0. The van der Waals surface area contributed by atoms with Crippen molar-refractivity contribution in [3.05, 3.63) is 32.6 Å². The van der Waals surface area contributed by atoms with Crippen LogP contribution in [0.5, 0.6) is 0 Å². The Labute approximate surface area is 203 Å². The number of methoxy groups -OCH3 is 1. The lowest BCUT2D eigenvalue weighted by Gasteiger charge is -2.37. The van der Waals surface area contributed by atoms with Gasteiger partial charge in [0.1, 0.15) is 27.7 Å². The summed E-state index contributed by atoms with van der Waals surface area (Å²) < 4.78 is 7.19. The summed E-state index contributed by atoms with van der Waals surface area (Å²) in [5.41, 5.74) is 1.25. The zero-order valence-corrected chi connectivity index (χ0v) is 20.5. The summed E-state index contributed by atoms with van der Waals surface area (Å²) in [6.07, 6.45) is 2.03. The smallest absolute Gasteiger partial charge is 0.348 e. The lowest BCUT2D eigenvalue weighted by atomic mass is 9.88. The molecule has 3 aromatic heterocycles. The van der Waals surface area contributed by atoms with Crippen molar-refractivity contribution >= 4 is 51.4 Å². The van der Waals surface area contributed by atoms with Gasteiger partial charge in [-0.15, -0.1) is 0 Å². The highest BCUT2D eigenvalue weighted by atomic mass is 35.5. The van der Waals surface area contributed by atoms with Crippen LogP contribution in [-0.2, 0) is 11.8 Å². The van der Waals surface area contributed by atoms with E-state index in [1.807, 2.05) is 4.90 Å². The van der Waals surface area contributed by atoms with E-state index < -0.39 is 5.97 Å². The van der Waals surface area contributed by atoms with Crippen LogP contribution in [0.2, 0.25) is 10.2 Å². The maximum Gasteiger partial charge on any atom is 0.348 e. The molecule has 4 heterocycles. The molecule has 0 amide bonds. The van der Waals surface area contributed by atoms with Crippen molar-refractivity contribution in [3.63, 3.8) is 0 Å². The number of carboxylic acid groups (broad SMARTS) is 1. The molecular formula is C20H22Cl2N6O4S. The van der Waals surface area contributed by atoms with Crippen molar-refractivity contribution in [3.8, 4) is 11.5 Å². The van der Waals surface area contributed by atoms with Gasteiger partial charge in [0.05, 0.1) is 11.1 Å². The van der Waals surface area contributed by atoms with Gasteiger partial charge in [-0.1, -0.05) is 34.5 Å². The van der Waals surface area contributed by atoms with Crippen molar-refractivity contribution in [1.82, 2.24) is 24.7 Å². The Balaban J connectivity index is 1.52. The number of carboxylic acids is 1. The predicted molar refractivity (Wildman–Crippen MR) is 125 cm³/mol. The molecule has 0 aliphatic carbocycles. The molecule has 0 spiro atoms. The van der Waals surface area contributed by atoms with Gasteiger partial charge in [0.2, 0.25) is 0 Å². The second-order valence-electron chi connectivity index (χ2n) is 7.84. The first-order valence-corrected chi connectivity index (χ1v) is 11.7. The number of hydrogen-bond acceptors (Lipinski definition) is 8. The first-order chi connectivity index (χ1) is 15.7. The Morgan fingerprint density at radius 3 is 2.73 bits per heavy atom. The fourth-order valence-corrected chi connectivity index (χ4v) is 5.38. The first kappa shape index (κ1) is 23.7. The van der Waals surface area contributed by atoms with E-state index in [2.05, 4.69) is 20.1 Å². The average molecular weight is 513 g/mol. The van der Waals surface area contributed by atoms with Gasteiger partial charge < -0.3 is 19.7 Å². The lowest BCUT2D eigenvalue weighted by molar-refractivity contribution is 0.0375. The van der Waals surface area contributed by atoms with Gasteiger partial charge in [-0.05, 0) is 19.3 Å². The van der Waals surface area contributed by atoms with E-state index in [4.69, 9.17) is 27.9 Å². The van der Waals surface area contributed by atoms with Crippen LogP contribution in [0.3, 0.4) is 0 Å².